The minimum absolute atomic E-state index is 0.303. The van der Waals surface area contributed by atoms with Crippen molar-refractivity contribution in [3.05, 3.63) is 65.5 Å². The van der Waals surface area contributed by atoms with Gasteiger partial charge < -0.3 is 9.84 Å². The standard InChI is InChI=1S/C14H10ClNO2/c1-2-14(17)9-5-3-4-6-11(9)18-12-8-16-13(15)7-10(12)14/h2-8,17H,1H2. The van der Waals surface area contributed by atoms with Crippen LogP contribution in [-0.4, -0.2) is 10.1 Å². The van der Waals surface area contributed by atoms with E-state index in [0.717, 1.165) is 0 Å². The number of benzene rings is 1. The molecule has 2 heterocycles. The van der Waals surface area contributed by atoms with Gasteiger partial charge in [0, 0.05) is 11.1 Å². The summed E-state index contributed by atoms with van der Waals surface area (Å²) >= 11 is 5.88. The Morgan fingerprint density at radius 1 is 1.28 bits per heavy atom. The molecule has 1 aromatic carbocycles. The van der Waals surface area contributed by atoms with Gasteiger partial charge in [0.15, 0.2) is 5.75 Å². The normalized spacial score (nSPS) is 20.6. The fourth-order valence-corrected chi connectivity index (χ4v) is 2.31. The first-order valence-corrected chi connectivity index (χ1v) is 5.82. The molecule has 1 N–H and O–H groups in total. The van der Waals surface area contributed by atoms with E-state index in [1.807, 2.05) is 12.1 Å². The van der Waals surface area contributed by atoms with Crippen molar-refractivity contribution in [1.29, 1.82) is 0 Å². The molecule has 0 spiro atoms. The van der Waals surface area contributed by atoms with E-state index in [9.17, 15) is 5.11 Å². The molecule has 2 aromatic rings. The van der Waals surface area contributed by atoms with Gasteiger partial charge in [0.05, 0.1) is 6.20 Å². The van der Waals surface area contributed by atoms with Crippen LogP contribution < -0.4 is 4.74 Å². The van der Waals surface area contributed by atoms with Gasteiger partial charge in [-0.25, -0.2) is 4.98 Å². The van der Waals surface area contributed by atoms with Crippen molar-refractivity contribution >= 4 is 11.6 Å². The van der Waals surface area contributed by atoms with E-state index < -0.39 is 5.60 Å². The number of aliphatic hydroxyl groups is 1. The van der Waals surface area contributed by atoms with Crippen molar-refractivity contribution in [3.63, 3.8) is 0 Å². The second-order valence-corrected chi connectivity index (χ2v) is 4.46. The Kier molecular flexibility index (Phi) is 2.40. The summed E-state index contributed by atoms with van der Waals surface area (Å²) in [4.78, 5) is 3.96. The molecule has 0 amide bonds. The molecule has 1 aliphatic rings. The predicted molar refractivity (Wildman–Crippen MR) is 69.0 cm³/mol. The van der Waals surface area contributed by atoms with Gasteiger partial charge in [-0.1, -0.05) is 42.5 Å². The first-order valence-electron chi connectivity index (χ1n) is 5.44. The van der Waals surface area contributed by atoms with Crippen molar-refractivity contribution in [3.8, 4) is 11.5 Å². The van der Waals surface area contributed by atoms with Crippen LogP contribution in [0.5, 0.6) is 11.5 Å². The van der Waals surface area contributed by atoms with Crippen molar-refractivity contribution in [2.45, 2.75) is 5.60 Å². The van der Waals surface area contributed by atoms with Crippen molar-refractivity contribution in [1.82, 2.24) is 4.98 Å². The van der Waals surface area contributed by atoms with Gasteiger partial charge in [-0.3, -0.25) is 0 Å². The highest BCUT2D eigenvalue weighted by Crippen LogP contribution is 2.47. The summed E-state index contributed by atoms with van der Waals surface area (Å²) in [6.07, 6.45) is 2.98. The zero-order chi connectivity index (χ0) is 12.8. The smallest absolute Gasteiger partial charge is 0.152 e. The SMILES string of the molecule is C=CC1(O)c2ccccc2Oc2cnc(Cl)cc21. The molecule has 3 rings (SSSR count). The van der Waals surface area contributed by atoms with Crippen LogP contribution in [0.2, 0.25) is 5.15 Å². The highest BCUT2D eigenvalue weighted by atomic mass is 35.5. The number of fused-ring (bicyclic) bond motifs is 2. The van der Waals surface area contributed by atoms with E-state index in [1.165, 1.54) is 12.3 Å². The summed E-state index contributed by atoms with van der Waals surface area (Å²) in [6.45, 7) is 3.71. The fraction of sp³-hybridized carbons (Fsp3) is 0.0714. The molecule has 0 radical (unpaired) electrons. The van der Waals surface area contributed by atoms with Gasteiger partial charge in [-0.05, 0) is 12.1 Å². The van der Waals surface area contributed by atoms with Crippen LogP contribution in [0.4, 0.5) is 0 Å². The number of pyridine rings is 1. The lowest BCUT2D eigenvalue weighted by Gasteiger charge is -2.33. The molecule has 0 aliphatic carbocycles. The average Bonchev–Trinajstić information content (AvgIpc) is 2.40. The summed E-state index contributed by atoms with van der Waals surface area (Å²) < 4.78 is 5.70. The van der Waals surface area contributed by atoms with Gasteiger partial charge in [0.25, 0.3) is 0 Å². The quantitative estimate of drug-likeness (QED) is 0.631. The van der Waals surface area contributed by atoms with Crippen LogP contribution >= 0.6 is 11.6 Å². The van der Waals surface area contributed by atoms with Gasteiger partial charge in [-0.15, -0.1) is 0 Å². The molecular formula is C14H10ClNO2. The monoisotopic (exact) mass is 259 g/mol. The highest BCUT2D eigenvalue weighted by molar-refractivity contribution is 6.29. The molecule has 0 saturated carbocycles. The Bertz CT molecular complexity index is 641. The van der Waals surface area contributed by atoms with E-state index in [1.54, 1.807) is 18.2 Å². The molecule has 90 valence electrons. The highest BCUT2D eigenvalue weighted by Gasteiger charge is 2.38. The number of nitrogens with zero attached hydrogens (tertiary/aromatic N) is 1. The molecular weight excluding hydrogens is 250 g/mol. The van der Waals surface area contributed by atoms with E-state index in [0.29, 0.717) is 27.8 Å². The zero-order valence-corrected chi connectivity index (χ0v) is 10.2. The fourth-order valence-electron chi connectivity index (χ4n) is 2.15. The lowest BCUT2D eigenvalue weighted by Crippen LogP contribution is -2.28. The molecule has 3 nitrogen and oxygen atoms in total. The Morgan fingerprint density at radius 3 is 2.83 bits per heavy atom. The maximum absolute atomic E-state index is 10.8. The maximum atomic E-state index is 10.8. The van der Waals surface area contributed by atoms with Gasteiger partial charge in [0.1, 0.15) is 16.5 Å². The predicted octanol–water partition coefficient (Wildman–Crippen LogP) is 3.26. The van der Waals surface area contributed by atoms with E-state index in [4.69, 9.17) is 16.3 Å². The molecule has 4 heteroatoms. The third-order valence-electron chi connectivity index (χ3n) is 3.06. The summed E-state index contributed by atoms with van der Waals surface area (Å²) in [7, 11) is 0. The summed E-state index contributed by atoms with van der Waals surface area (Å²) in [5.74, 6) is 1.08. The third kappa shape index (κ3) is 1.45. The van der Waals surface area contributed by atoms with Crippen LogP contribution in [0.1, 0.15) is 11.1 Å². The molecule has 1 unspecified atom stereocenters. The molecule has 0 bridgehead atoms. The summed E-state index contributed by atoms with van der Waals surface area (Å²) in [5.41, 5.74) is -0.109. The molecule has 0 saturated heterocycles. The van der Waals surface area contributed by atoms with E-state index in [2.05, 4.69) is 11.6 Å². The number of halogens is 1. The molecule has 1 aromatic heterocycles. The number of rotatable bonds is 1. The van der Waals surface area contributed by atoms with Crippen LogP contribution in [0, 0.1) is 0 Å². The van der Waals surface area contributed by atoms with Crippen molar-refractivity contribution in [2.75, 3.05) is 0 Å². The molecule has 1 aliphatic heterocycles. The van der Waals surface area contributed by atoms with Crippen molar-refractivity contribution < 1.29 is 9.84 Å². The van der Waals surface area contributed by atoms with Gasteiger partial charge in [-0.2, -0.15) is 0 Å². The van der Waals surface area contributed by atoms with Crippen LogP contribution in [0.25, 0.3) is 0 Å². The second kappa shape index (κ2) is 3.83. The van der Waals surface area contributed by atoms with E-state index in [-0.39, 0.29) is 0 Å². The van der Waals surface area contributed by atoms with Crippen molar-refractivity contribution in [2.24, 2.45) is 0 Å². The number of ether oxygens (including phenoxy) is 1. The van der Waals surface area contributed by atoms with Gasteiger partial charge >= 0.3 is 0 Å². The van der Waals surface area contributed by atoms with Crippen LogP contribution in [0.3, 0.4) is 0 Å². The Labute approximate surface area is 109 Å². The molecule has 0 fully saturated rings. The topological polar surface area (TPSA) is 42.4 Å². The second-order valence-electron chi connectivity index (χ2n) is 4.07. The first kappa shape index (κ1) is 11.3. The summed E-state index contributed by atoms with van der Waals surface area (Å²) in [6, 6.07) is 8.87. The Hall–Kier alpha value is -1.84. The number of hydrogen-bond acceptors (Lipinski definition) is 3. The minimum Gasteiger partial charge on any atom is -0.455 e. The number of aromatic nitrogens is 1. The molecule has 1 atom stereocenters. The Balaban J connectivity index is 2.32. The largest absolute Gasteiger partial charge is 0.455 e. The van der Waals surface area contributed by atoms with Gasteiger partial charge in [0.2, 0.25) is 0 Å². The van der Waals surface area contributed by atoms with Crippen LogP contribution in [0.15, 0.2) is 49.2 Å². The summed E-state index contributed by atoms with van der Waals surface area (Å²) in [5, 5.41) is 11.1. The maximum Gasteiger partial charge on any atom is 0.152 e. The number of para-hydroxylation sites is 1. The molecule has 18 heavy (non-hydrogen) atoms. The lowest BCUT2D eigenvalue weighted by atomic mass is 9.84. The van der Waals surface area contributed by atoms with Crippen LogP contribution in [-0.2, 0) is 5.60 Å². The number of hydrogen-bond donors (Lipinski definition) is 1. The minimum atomic E-state index is -1.31. The Morgan fingerprint density at radius 2 is 2.06 bits per heavy atom. The third-order valence-corrected chi connectivity index (χ3v) is 3.26. The lowest BCUT2D eigenvalue weighted by molar-refractivity contribution is 0.121. The van der Waals surface area contributed by atoms with E-state index >= 15 is 0 Å². The average molecular weight is 260 g/mol. The zero-order valence-electron chi connectivity index (χ0n) is 9.43. The first-order chi connectivity index (χ1) is 8.65.